The molecule has 0 atom stereocenters. The molecule has 0 heterocycles. The van der Waals surface area contributed by atoms with Crippen LogP contribution in [0.3, 0.4) is 0 Å². The highest BCUT2D eigenvalue weighted by molar-refractivity contribution is 5.88. The molecule has 0 bridgehead atoms. The lowest BCUT2D eigenvalue weighted by Crippen LogP contribution is -2.05. The van der Waals surface area contributed by atoms with Crippen LogP contribution in [0.25, 0.3) is 6.08 Å². The number of hydrogen-bond acceptors (Lipinski definition) is 2. The van der Waals surface area contributed by atoms with E-state index in [1.54, 1.807) is 6.92 Å². The van der Waals surface area contributed by atoms with Crippen LogP contribution in [-0.4, -0.2) is 12.6 Å². The molecule has 0 aliphatic rings. The van der Waals surface area contributed by atoms with Crippen molar-refractivity contribution in [2.75, 3.05) is 6.61 Å². The number of ether oxygens (including phenoxy) is 1. The van der Waals surface area contributed by atoms with E-state index in [2.05, 4.69) is 6.58 Å². The zero-order valence-corrected chi connectivity index (χ0v) is 9.48. The van der Waals surface area contributed by atoms with E-state index in [1.807, 2.05) is 42.5 Å². The lowest BCUT2D eigenvalue weighted by molar-refractivity contribution is -0.138. The quantitative estimate of drug-likeness (QED) is 0.558. The van der Waals surface area contributed by atoms with Gasteiger partial charge in [-0.3, -0.25) is 0 Å². The van der Waals surface area contributed by atoms with E-state index >= 15 is 0 Å². The molecule has 0 saturated heterocycles. The Morgan fingerprint density at radius 1 is 1.38 bits per heavy atom. The predicted molar refractivity (Wildman–Crippen MR) is 65.9 cm³/mol. The normalized spacial score (nSPS) is 10.3. The third kappa shape index (κ3) is 4.13. The summed E-state index contributed by atoms with van der Waals surface area (Å²) in [4.78, 5) is 11.2. The van der Waals surface area contributed by atoms with Crippen LogP contribution in [-0.2, 0) is 9.53 Å². The van der Waals surface area contributed by atoms with Crippen molar-refractivity contribution in [3.05, 3.63) is 54.1 Å². The predicted octanol–water partition coefficient (Wildman–Crippen LogP) is 3.21. The molecule has 0 N–H and O–H groups in total. The summed E-state index contributed by atoms with van der Waals surface area (Å²) >= 11 is 0. The van der Waals surface area contributed by atoms with Crippen molar-refractivity contribution in [3.8, 4) is 0 Å². The first-order valence-electron chi connectivity index (χ1n) is 5.30. The molecule has 84 valence electrons. The van der Waals surface area contributed by atoms with Crippen LogP contribution in [0.2, 0.25) is 0 Å². The summed E-state index contributed by atoms with van der Waals surface area (Å²) in [5.41, 5.74) is 1.59. The maximum atomic E-state index is 11.2. The third-order valence-electron chi connectivity index (χ3n) is 2.04. The van der Waals surface area contributed by atoms with Crippen LogP contribution in [0.5, 0.6) is 0 Å². The first kappa shape index (κ1) is 12.2. The summed E-state index contributed by atoms with van der Waals surface area (Å²) in [7, 11) is 0. The van der Waals surface area contributed by atoms with E-state index in [0.717, 1.165) is 5.56 Å². The topological polar surface area (TPSA) is 26.3 Å². The average Bonchev–Trinajstić information content (AvgIpc) is 2.30. The molecule has 0 amide bonds. The molecule has 0 aliphatic heterocycles. The maximum Gasteiger partial charge on any atom is 0.333 e. The summed E-state index contributed by atoms with van der Waals surface area (Å²) in [5.74, 6) is -0.319. The highest BCUT2D eigenvalue weighted by Crippen LogP contribution is 2.06. The summed E-state index contributed by atoms with van der Waals surface area (Å²) in [6.07, 6.45) is 4.40. The van der Waals surface area contributed by atoms with Gasteiger partial charge in [-0.1, -0.05) is 49.1 Å². The number of rotatable bonds is 5. The van der Waals surface area contributed by atoms with Crippen LogP contribution in [0, 0.1) is 0 Å². The van der Waals surface area contributed by atoms with Crippen molar-refractivity contribution in [3.63, 3.8) is 0 Å². The highest BCUT2D eigenvalue weighted by Gasteiger charge is 2.04. The van der Waals surface area contributed by atoms with Gasteiger partial charge in [0.05, 0.1) is 6.61 Å². The van der Waals surface area contributed by atoms with Crippen molar-refractivity contribution in [1.82, 2.24) is 0 Å². The number of allylic oxidation sites excluding steroid dienone is 1. The number of carbonyl (C=O) groups excluding carboxylic acids is 1. The van der Waals surface area contributed by atoms with Crippen molar-refractivity contribution in [2.45, 2.75) is 13.3 Å². The number of benzene rings is 1. The molecule has 0 unspecified atom stereocenters. The summed E-state index contributed by atoms with van der Waals surface area (Å²) < 4.78 is 4.83. The molecular weight excluding hydrogens is 200 g/mol. The van der Waals surface area contributed by atoms with Crippen LogP contribution in [0.15, 0.2) is 48.6 Å². The molecule has 1 aromatic rings. The third-order valence-corrected chi connectivity index (χ3v) is 2.04. The van der Waals surface area contributed by atoms with E-state index in [0.29, 0.717) is 18.6 Å². The van der Waals surface area contributed by atoms with E-state index in [9.17, 15) is 4.79 Å². The van der Waals surface area contributed by atoms with Gasteiger partial charge in [-0.15, -0.1) is 0 Å². The molecule has 2 nitrogen and oxygen atoms in total. The van der Waals surface area contributed by atoms with Gasteiger partial charge in [0.1, 0.15) is 0 Å². The van der Waals surface area contributed by atoms with Crippen LogP contribution in [0.1, 0.15) is 18.9 Å². The molecule has 0 spiro atoms. The second kappa shape index (κ2) is 6.62. The SMILES string of the molecule is C=C(C/C=C\c1ccccc1)C(=O)OCC. The van der Waals surface area contributed by atoms with Crippen molar-refractivity contribution in [2.24, 2.45) is 0 Å². The van der Waals surface area contributed by atoms with E-state index in [-0.39, 0.29) is 5.97 Å². The Morgan fingerprint density at radius 2 is 2.06 bits per heavy atom. The minimum atomic E-state index is -0.319. The first-order valence-corrected chi connectivity index (χ1v) is 5.30. The average molecular weight is 216 g/mol. The molecular formula is C14H16O2. The zero-order chi connectivity index (χ0) is 11.8. The van der Waals surface area contributed by atoms with E-state index in [4.69, 9.17) is 4.74 Å². The Kier molecular flexibility index (Phi) is 5.06. The van der Waals surface area contributed by atoms with Crippen molar-refractivity contribution >= 4 is 12.0 Å². The second-order valence-corrected chi connectivity index (χ2v) is 3.34. The smallest absolute Gasteiger partial charge is 0.333 e. The largest absolute Gasteiger partial charge is 0.463 e. The van der Waals surface area contributed by atoms with Crippen LogP contribution < -0.4 is 0 Å². The molecule has 0 radical (unpaired) electrons. The van der Waals surface area contributed by atoms with Crippen molar-refractivity contribution < 1.29 is 9.53 Å². The second-order valence-electron chi connectivity index (χ2n) is 3.34. The Balaban J connectivity index is 2.43. The molecule has 0 fully saturated rings. The van der Waals surface area contributed by atoms with Crippen LogP contribution >= 0.6 is 0 Å². The van der Waals surface area contributed by atoms with Crippen LogP contribution in [0.4, 0.5) is 0 Å². The fraction of sp³-hybridized carbons (Fsp3) is 0.214. The Labute approximate surface area is 96.2 Å². The van der Waals surface area contributed by atoms with E-state index in [1.165, 1.54) is 0 Å². The van der Waals surface area contributed by atoms with Gasteiger partial charge >= 0.3 is 5.97 Å². The van der Waals surface area contributed by atoms with Gasteiger partial charge in [0.15, 0.2) is 0 Å². The van der Waals surface area contributed by atoms with E-state index < -0.39 is 0 Å². The molecule has 0 aliphatic carbocycles. The minimum Gasteiger partial charge on any atom is -0.463 e. The van der Waals surface area contributed by atoms with Gasteiger partial charge in [0.25, 0.3) is 0 Å². The molecule has 2 heteroatoms. The summed E-state index contributed by atoms with van der Waals surface area (Å²) in [6, 6.07) is 9.92. The number of carbonyl (C=O) groups is 1. The fourth-order valence-electron chi connectivity index (χ4n) is 1.22. The lowest BCUT2D eigenvalue weighted by atomic mass is 10.1. The van der Waals surface area contributed by atoms with Gasteiger partial charge in [-0.2, -0.15) is 0 Å². The van der Waals surface area contributed by atoms with Gasteiger partial charge in [0.2, 0.25) is 0 Å². The minimum absolute atomic E-state index is 0.319. The molecule has 1 aromatic carbocycles. The monoisotopic (exact) mass is 216 g/mol. The van der Waals surface area contributed by atoms with Gasteiger partial charge < -0.3 is 4.74 Å². The molecule has 16 heavy (non-hydrogen) atoms. The Morgan fingerprint density at radius 3 is 2.69 bits per heavy atom. The molecule has 0 saturated carbocycles. The Hall–Kier alpha value is -1.83. The highest BCUT2D eigenvalue weighted by atomic mass is 16.5. The van der Waals surface area contributed by atoms with Gasteiger partial charge in [-0.05, 0) is 18.9 Å². The number of hydrogen-bond donors (Lipinski definition) is 0. The standard InChI is InChI=1S/C14H16O2/c1-3-16-14(15)12(2)8-7-11-13-9-5-4-6-10-13/h4-7,9-11H,2-3,8H2,1H3/b11-7-. The fourth-order valence-corrected chi connectivity index (χ4v) is 1.22. The molecule has 0 aromatic heterocycles. The number of esters is 1. The summed E-state index contributed by atoms with van der Waals surface area (Å²) in [6.45, 7) is 5.85. The summed E-state index contributed by atoms with van der Waals surface area (Å²) in [5, 5.41) is 0. The van der Waals surface area contributed by atoms with Gasteiger partial charge in [0, 0.05) is 5.57 Å². The zero-order valence-electron chi connectivity index (χ0n) is 9.48. The Bertz CT molecular complexity index is 377. The maximum absolute atomic E-state index is 11.2. The first-order chi connectivity index (χ1) is 7.74. The molecule has 1 rings (SSSR count). The van der Waals surface area contributed by atoms with Gasteiger partial charge in [-0.25, -0.2) is 4.79 Å². The van der Waals surface area contributed by atoms with Crippen molar-refractivity contribution in [1.29, 1.82) is 0 Å². The lowest BCUT2D eigenvalue weighted by Gasteiger charge is -2.01.